The van der Waals surface area contributed by atoms with Crippen LogP contribution in [0, 0.1) is 5.92 Å². The first-order valence-corrected chi connectivity index (χ1v) is 6.92. The first-order chi connectivity index (χ1) is 9.55. The van der Waals surface area contributed by atoms with Crippen LogP contribution in [0.3, 0.4) is 0 Å². The van der Waals surface area contributed by atoms with Gasteiger partial charge in [0.15, 0.2) is 5.69 Å². The second-order valence-electron chi connectivity index (χ2n) is 5.21. The van der Waals surface area contributed by atoms with Crippen LogP contribution in [0.2, 0.25) is 5.15 Å². The Morgan fingerprint density at radius 2 is 2.15 bits per heavy atom. The molecule has 1 aliphatic heterocycles. The molecule has 1 aromatic heterocycles. The van der Waals surface area contributed by atoms with Crippen LogP contribution in [0.1, 0.15) is 41.7 Å². The summed E-state index contributed by atoms with van der Waals surface area (Å²) in [6.45, 7) is 0. The van der Waals surface area contributed by atoms with Gasteiger partial charge in [0.25, 0.3) is 0 Å². The molecule has 0 unspecified atom stereocenters. The Morgan fingerprint density at radius 3 is 2.80 bits per heavy atom. The molecule has 0 bridgehead atoms. The van der Waals surface area contributed by atoms with E-state index in [0.717, 1.165) is 5.56 Å². The van der Waals surface area contributed by atoms with Crippen molar-refractivity contribution in [3.05, 3.63) is 28.5 Å². The molecule has 2 aliphatic rings. The van der Waals surface area contributed by atoms with E-state index in [1.54, 1.807) is 12.1 Å². The highest BCUT2D eigenvalue weighted by Gasteiger charge is 2.49. The van der Waals surface area contributed by atoms with Crippen LogP contribution < -0.4 is 0 Å². The van der Waals surface area contributed by atoms with Gasteiger partial charge in [0.1, 0.15) is 10.8 Å². The number of carbonyl (C=O) groups excluding carboxylic acids is 2. The minimum atomic E-state index is -0.644. The second kappa shape index (κ2) is 4.74. The highest BCUT2D eigenvalue weighted by atomic mass is 35.5. The average Bonchev–Trinajstić information content (AvgIpc) is 2.71. The third kappa shape index (κ3) is 1.97. The highest BCUT2D eigenvalue weighted by Crippen LogP contribution is 2.47. The Morgan fingerprint density at radius 1 is 1.45 bits per heavy atom. The van der Waals surface area contributed by atoms with Crippen LogP contribution in [0.15, 0.2) is 12.1 Å². The van der Waals surface area contributed by atoms with E-state index in [1.807, 2.05) is 0 Å². The van der Waals surface area contributed by atoms with Gasteiger partial charge in [-0.05, 0) is 37.8 Å². The predicted octanol–water partition coefficient (Wildman–Crippen LogP) is 2.46. The van der Waals surface area contributed by atoms with Gasteiger partial charge >= 0.3 is 11.9 Å². The van der Waals surface area contributed by atoms with Crippen molar-refractivity contribution in [3.63, 3.8) is 0 Å². The van der Waals surface area contributed by atoms with Crippen molar-refractivity contribution in [3.8, 4) is 0 Å². The van der Waals surface area contributed by atoms with Gasteiger partial charge in [-0.25, -0.2) is 9.78 Å². The molecule has 6 heteroatoms. The second-order valence-corrected chi connectivity index (χ2v) is 5.60. The number of halogens is 1. The van der Waals surface area contributed by atoms with Gasteiger partial charge < -0.3 is 9.47 Å². The number of hydrogen-bond donors (Lipinski definition) is 0. The van der Waals surface area contributed by atoms with Gasteiger partial charge in [-0.1, -0.05) is 11.6 Å². The Bertz CT molecular complexity index is 579. The summed E-state index contributed by atoms with van der Waals surface area (Å²) < 4.78 is 10.3. The number of aromatic nitrogens is 1. The molecule has 5 nitrogen and oxygen atoms in total. The fourth-order valence-corrected chi connectivity index (χ4v) is 3.24. The Labute approximate surface area is 121 Å². The molecule has 0 aromatic carbocycles. The standard InChI is InChI=1S/C14H14ClNO4/c1-19-12(17)8-4-6-14(7-5-8)9-2-3-10(15)16-11(9)13(18)20-14/h2-3,8H,4-7H2,1H3. The number of fused-ring (bicyclic) bond motifs is 2. The van der Waals surface area contributed by atoms with E-state index in [2.05, 4.69) is 4.98 Å². The van der Waals surface area contributed by atoms with Crippen molar-refractivity contribution in [1.29, 1.82) is 0 Å². The SMILES string of the molecule is COC(=O)C1CCC2(CC1)OC(=O)c1nc(Cl)ccc12. The van der Waals surface area contributed by atoms with Crippen molar-refractivity contribution in [2.45, 2.75) is 31.3 Å². The van der Waals surface area contributed by atoms with Crippen LogP contribution in [0.4, 0.5) is 0 Å². The molecule has 0 radical (unpaired) electrons. The number of carbonyl (C=O) groups is 2. The number of esters is 2. The number of pyridine rings is 1. The maximum atomic E-state index is 11.9. The van der Waals surface area contributed by atoms with Crippen LogP contribution in [-0.2, 0) is 19.9 Å². The normalized spacial score (nSPS) is 28.1. The molecule has 0 atom stereocenters. The lowest BCUT2D eigenvalue weighted by molar-refractivity contribution is -0.148. The molecule has 1 fully saturated rings. The maximum absolute atomic E-state index is 11.9. The van der Waals surface area contributed by atoms with Crippen LogP contribution in [0.5, 0.6) is 0 Å². The molecule has 1 aliphatic carbocycles. The quantitative estimate of drug-likeness (QED) is 0.588. The zero-order valence-corrected chi connectivity index (χ0v) is 11.8. The first kappa shape index (κ1) is 13.4. The third-order valence-electron chi connectivity index (χ3n) is 4.16. The molecule has 0 saturated heterocycles. The molecule has 1 aromatic rings. The van der Waals surface area contributed by atoms with Crippen molar-refractivity contribution >= 4 is 23.5 Å². The average molecular weight is 296 g/mol. The van der Waals surface area contributed by atoms with Crippen LogP contribution in [0.25, 0.3) is 0 Å². The van der Waals surface area contributed by atoms with E-state index in [1.165, 1.54) is 7.11 Å². The van der Waals surface area contributed by atoms with E-state index in [-0.39, 0.29) is 17.0 Å². The largest absolute Gasteiger partial charge is 0.469 e. The maximum Gasteiger partial charge on any atom is 0.358 e. The van der Waals surface area contributed by atoms with Crippen LogP contribution in [-0.4, -0.2) is 24.0 Å². The third-order valence-corrected chi connectivity index (χ3v) is 4.37. The Balaban J connectivity index is 1.87. The fraction of sp³-hybridized carbons (Fsp3) is 0.500. The smallest absolute Gasteiger partial charge is 0.358 e. The number of nitrogens with zero attached hydrogens (tertiary/aromatic N) is 1. The number of methoxy groups -OCH3 is 1. The molecule has 1 saturated carbocycles. The number of hydrogen-bond acceptors (Lipinski definition) is 5. The van der Waals surface area contributed by atoms with Crippen molar-refractivity contribution in [2.75, 3.05) is 7.11 Å². The zero-order valence-electron chi connectivity index (χ0n) is 11.0. The Kier molecular flexibility index (Phi) is 3.17. The van der Waals surface area contributed by atoms with Crippen LogP contribution >= 0.6 is 11.6 Å². The summed E-state index contributed by atoms with van der Waals surface area (Å²) in [7, 11) is 1.39. The molecule has 1 spiro atoms. The molecular formula is C14H14ClNO4. The summed E-state index contributed by atoms with van der Waals surface area (Å²) in [5.41, 5.74) is 0.443. The van der Waals surface area contributed by atoms with Gasteiger partial charge in [0.05, 0.1) is 13.0 Å². The lowest BCUT2D eigenvalue weighted by Crippen LogP contribution is -2.34. The topological polar surface area (TPSA) is 65.5 Å². The van der Waals surface area contributed by atoms with E-state index in [4.69, 9.17) is 21.1 Å². The number of rotatable bonds is 1. The molecule has 3 rings (SSSR count). The predicted molar refractivity (Wildman–Crippen MR) is 70.3 cm³/mol. The molecule has 0 N–H and O–H groups in total. The van der Waals surface area contributed by atoms with Gasteiger partial charge in [0, 0.05) is 5.56 Å². The van der Waals surface area contributed by atoms with Gasteiger partial charge in [-0.3, -0.25) is 4.79 Å². The Hall–Kier alpha value is -1.62. The molecular weight excluding hydrogens is 282 g/mol. The summed E-state index contributed by atoms with van der Waals surface area (Å²) in [4.78, 5) is 27.5. The summed E-state index contributed by atoms with van der Waals surface area (Å²) in [6.07, 6.45) is 2.49. The number of ether oxygens (including phenoxy) is 2. The van der Waals surface area contributed by atoms with E-state index in [9.17, 15) is 9.59 Å². The molecule has 2 heterocycles. The summed E-state index contributed by atoms with van der Waals surface area (Å²) in [5.74, 6) is -0.744. The van der Waals surface area contributed by atoms with Crippen molar-refractivity contribution in [2.24, 2.45) is 5.92 Å². The fourth-order valence-electron chi connectivity index (χ4n) is 3.10. The van der Waals surface area contributed by atoms with Gasteiger partial charge in [-0.15, -0.1) is 0 Å². The lowest BCUT2D eigenvalue weighted by atomic mass is 9.75. The minimum absolute atomic E-state index is 0.117. The highest BCUT2D eigenvalue weighted by molar-refractivity contribution is 6.29. The van der Waals surface area contributed by atoms with Gasteiger partial charge in [-0.2, -0.15) is 0 Å². The van der Waals surface area contributed by atoms with E-state index >= 15 is 0 Å². The zero-order chi connectivity index (χ0) is 14.3. The monoisotopic (exact) mass is 295 g/mol. The molecule has 0 amide bonds. The molecule has 20 heavy (non-hydrogen) atoms. The first-order valence-electron chi connectivity index (χ1n) is 6.54. The summed E-state index contributed by atoms with van der Waals surface area (Å²) in [6, 6.07) is 3.46. The van der Waals surface area contributed by atoms with Gasteiger partial charge in [0.2, 0.25) is 0 Å². The lowest BCUT2D eigenvalue weighted by Gasteiger charge is -2.35. The van der Waals surface area contributed by atoms with E-state index in [0.29, 0.717) is 31.4 Å². The molecule has 106 valence electrons. The van der Waals surface area contributed by atoms with Crippen molar-refractivity contribution < 1.29 is 19.1 Å². The minimum Gasteiger partial charge on any atom is -0.469 e. The summed E-state index contributed by atoms with van der Waals surface area (Å²) in [5, 5.41) is 0.279. The summed E-state index contributed by atoms with van der Waals surface area (Å²) >= 11 is 5.82. The van der Waals surface area contributed by atoms with E-state index < -0.39 is 11.6 Å². The van der Waals surface area contributed by atoms with Crippen molar-refractivity contribution in [1.82, 2.24) is 4.98 Å².